The number of hydrogen-bond acceptors (Lipinski definition) is 4. The summed E-state index contributed by atoms with van der Waals surface area (Å²) in [6, 6.07) is 1.62. The first kappa shape index (κ1) is 20.2. The summed E-state index contributed by atoms with van der Waals surface area (Å²) in [4.78, 5) is 28.7. The predicted molar refractivity (Wildman–Crippen MR) is 111 cm³/mol. The lowest BCUT2D eigenvalue weighted by Gasteiger charge is -2.52. The van der Waals surface area contributed by atoms with E-state index < -0.39 is 17.7 Å². The smallest absolute Gasteiger partial charge is 0.408 e. The number of nitriles is 1. The summed E-state index contributed by atoms with van der Waals surface area (Å²) >= 11 is 0. The first-order chi connectivity index (χ1) is 14.2. The lowest BCUT2D eigenvalue weighted by molar-refractivity contribution is -0.141. The Morgan fingerprint density at radius 1 is 1.07 bits per heavy atom. The van der Waals surface area contributed by atoms with Crippen LogP contribution in [-0.4, -0.2) is 40.6 Å². The molecule has 164 valence electrons. The number of hydrogen-bond donors (Lipinski definition) is 1. The zero-order chi connectivity index (χ0) is 21.3. The SMILES string of the molecule is CC(C)(C)OC(=O)NC(C(=O)N1C(C#N)CC2CC21)C12CC3CCC(CC(C3)C1)C2. The fraction of sp³-hybridized carbons (Fsp3) is 0.875. The number of carbonyl (C=O) groups is 2. The Bertz CT molecular complexity index is 766. The molecule has 2 amide bonds. The highest BCUT2D eigenvalue weighted by Crippen LogP contribution is 2.60. The van der Waals surface area contributed by atoms with Crippen molar-refractivity contribution in [2.75, 3.05) is 0 Å². The molecule has 6 unspecified atom stereocenters. The summed E-state index contributed by atoms with van der Waals surface area (Å²) in [5.74, 6) is 2.43. The maximum atomic E-state index is 14.0. The van der Waals surface area contributed by atoms with E-state index in [1.165, 1.54) is 25.7 Å². The van der Waals surface area contributed by atoms with Crippen LogP contribution in [0.5, 0.6) is 0 Å². The van der Waals surface area contributed by atoms with Gasteiger partial charge in [-0.15, -0.1) is 0 Å². The number of ether oxygens (including phenoxy) is 1. The lowest BCUT2D eigenvalue weighted by Crippen LogP contribution is -2.61. The van der Waals surface area contributed by atoms with Gasteiger partial charge in [0.25, 0.3) is 0 Å². The van der Waals surface area contributed by atoms with E-state index in [0.29, 0.717) is 23.7 Å². The Morgan fingerprint density at radius 2 is 1.70 bits per heavy atom. The number of likely N-dealkylation sites (tertiary alicyclic amines) is 1. The molecule has 6 fully saturated rings. The summed E-state index contributed by atoms with van der Waals surface area (Å²) < 4.78 is 5.58. The van der Waals surface area contributed by atoms with Gasteiger partial charge in [-0.3, -0.25) is 4.79 Å². The number of fused-ring (bicyclic) bond motifs is 2. The van der Waals surface area contributed by atoms with E-state index in [-0.39, 0.29) is 23.4 Å². The van der Waals surface area contributed by atoms with Gasteiger partial charge in [0.2, 0.25) is 5.91 Å². The first-order valence-corrected chi connectivity index (χ1v) is 11.9. The number of piperidine rings is 1. The van der Waals surface area contributed by atoms with Crippen LogP contribution in [0.3, 0.4) is 0 Å². The minimum Gasteiger partial charge on any atom is -0.444 e. The molecule has 1 aliphatic heterocycles. The highest BCUT2D eigenvalue weighted by molar-refractivity contribution is 5.88. The third-order valence-electron chi connectivity index (χ3n) is 8.43. The van der Waals surface area contributed by atoms with E-state index in [4.69, 9.17) is 4.74 Å². The number of alkyl carbamates (subject to hydrolysis) is 1. The topological polar surface area (TPSA) is 82.4 Å². The van der Waals surface area contributed by atoms with Crippen molar-refractivity contribution in [2.24, 2.45) is 29.1 Å². The second-order valence-electron chi connectivity index (χ2n) is 11.9. The fourth-order valence-electron chi connectivity index (χ4n) is 7.55. The lowest BCUT2D eigenvalue weighted by atomic mass is 9.55. The Balaban J connectivity index is 1.46. The quantitative estimate of drug-likeness (QED) is 0.758. The van der Waals surface area contributed by atoms with Crippen molar-refractivity contribution in [3.8, 4) is 6.07 Å². The minimum atomic E-state index is -0.611. The predicted octanol–water partition coefficient (Wildman–Crippen LogP) is 4.00. The third kappa shape index (κ3) is 3.48. The zero-order valence-electron chi connectivity index (χ0n) is 18.5. The molecule has 0 aromatic rings. The van der Waals surface area contributed by atoms with E-state index in [1.54, 1.807) is 0 Å². The molecule has 0 aromatic heterocycles. The molecule has 0 aromatic carbocycles. The zero-order valence-corrected chi connectivity index (χ0v) is 18.5. The van der Waals surface area contributed by atoms with Crippen molar-refractivity contribution in [2.45, 2.75) is 102 Å². The average Bonchev–Trinajstić information content (AvgIpc) is 3.36. The molecule has 4 bridgehead atoms. The molecule has 1 saturated heterocycles. The molecule has 1 N–H and O–H groups in total. The molecule has 6 heteroatoms. The van der Waals surface area contributed by atoms with Gasteiger partial charge in [0.05, 0.1) is 6.07 Å². The van der Waals surface area contributed by atoms with E-state index in [9.17, 15) is 14.9 Å². The molecule has 0 spiro atoms. The Labute approximate surface area is 179 Å². The standard InChI is InChI=1S/C24H35N3O3/c1-23(2,3)30-22(29)26-20(21(28)27-18(13-25)8-17-9-19(17)27)24-10-14-4-5-15(11-24)7-16(6-14)12-24/h14-20H,4-12H2,1-3H3,(H,26,29). The molecule has 5 saturated carbocycles. The van der Waals surface area contributed by atoms with Crippen molar-refractivity contribution < 1.29 is 14.3 Å². The van der Waals surface area contributed by atoms with Crippen LogP contribution in [0, 0.1) is 40.4 Å². The Morgan fingerprint density at radius 3 is 2.30 bits per heavy atom. The molecular formula is C24H35N3O3. The van der Waals surface area contributed by atoms with Crippen LogP contribution in [0.2, 0.25) is 0 Å². The largest absolute Gasteiger partial charge is 0.444 e. The molecule has 5 aliphatic carbocycles. The van der Waals surface area contributed by atoms with Gasteiger partial charge in [-0.1, -0.05) is 12.8 Å². The molecule has 0 radical (unpaired) electrons. The van der Waals surface area contributed by atoms with Gasteiger partial charge < -0.3 is 15.0 Å². The minimum absolute atomic E-state index is 0.0284. The summed E-state index contributed by atoms with van der Waals surface area (Å²) in [6.07, 6.45) is 9.41. The maximum Gasteiger partial charge on any atom is 0.408 e. The van der Waals surface area contributed by atoms with Gasteiger partial charge in [-0.25, -0.2) is 4.79 Å². The molecule has 1 heterocycles. The molecule has 6 nitrogen and oxygen atoms in total. The normalized spacial score (nSPS) is 42.1. The van der Waals surface area contributed by atoms with Gasteiger partial charge in [0, 0.05) is 11.5 Å². The fourth-order valence-corrected chi connectivity index (χ4v) is 7.55. The Hall–Kier alpha value is -1.77. The van der Waals surface area contributed by atoms with E-state index in [2.05, 4.69) is 11.4 Å². The monoisotopic (exact) mass is 413 g/mol. The van der Waals surface area contributed by atoms with E-state index >= 15 is 0 Å². The number of nitrogens with one attached hydrogen (secondary N) is 1. The number of rotatable bonds is 3. The van der Waals surface area contributed by atoms with Crippen molar-refractivity contribution in [3.63, 3.8) is 0 Å². The van der Waals surface area contributed by atoms with E-state index in [1.807, 2.05) is 25.7 Å². The molecule has 30 heavy (non-hydrogen) atoms. The van der Waals surface area contributed by atoms with Gasteiger partial charge in [-0.2, -0.15) is 5.26 Å². The van der Waals surface area contributed by atoms with Crippen LogP contribution < -0.4 is 5.32 Å². The van der Waals surface area contributed by atoms with Crippen LogP contribution in [0.15, 0.2) is 0 Å². The summed E-state index contributed by atoms with van der Waals surface area (Å²) in [5.41, 5.74) is -0.797. The third-order valence-corrected chi connectivity index (χ3v) is 8.43. The van der Waals surface area contributed by atoms with Crippen LogP contribution in [0.25, 0.3) is 0 Å². The number of nitrogens with zero attached hydrogens (tertiary/aromatic N) is 2. The summed E-state index contributed by atoms with van der Waals surface area (Å²) in [5, 5.41) is 12.7. The Kier molecular flexibility index (Phi) is 4.61. The second-order valence-corrected chi connectivity index (χ2v) is 11.9. The summed E-state index contributed by atoms with van der Waals surface area (Å²) in [7, 11) is 0. The first-order valence-electron chi connectivity index (χ1n) is 11.9. The highest BCUT2D eigenvalue weighted by atomic mass is 16.6. The highest BCUT2D eigenvalue weighted by Gasteiger charge is 2.60. The van der Waals surface area contributed by atoms with Crippen LogP contribution in [-0.2, 0) is 9.53 Å². The number of carbonyl (C=O) groups excluding carboxylic acids is 2. The van der Waals surface area contributed by atoms with Crippen LogP contribution in [0.4, 0.5) is 4.79 Å². The van der Waals surface area contributed by atoms with Crippen molar-refractivity contribution >= 4 is 12.0 Å². The van der Waals surface area contributed by atoms with Crippen molar-refractivity contribution in [1.82, 2.24) is 10.2 Å². The molecular weight excluding hydrogens is 378 g/mol. The number of amides is 2. The average molecular weight is 414 g/mol. The second kappa shape index (κ2) is 6.87. The van der Waals surface area contributed by atoms with Gasteiger partial charge >= 0.3 is 6.09 Å². The van der Waals surface area contributed by atoms with Gasteiger partial charge in [0.15, 0.2) is 0 Å². The molecule has 6 atom stereocenters. The van der Waals surface area contributed by atoms with Crippen LogP contribution >= 0.6 is 0 Å². The van der Waals surface area contributed by atoms with Crippen molar-refractivity contribution in [1.29, 1.82) is 5.26 Å². The summed E-state index contributed by atoms with van der Waals surface area (Å²) in [6.45, 7) is 5.54. The van der Waals surface area contributed by atoms with Gasteiger partial charge in [-0.05, 0) is 89.4 Å². The molecule has 6 aliphatic rings. The van der Waals surface area contributed by atoms with Crippen LogP contribution in [0.1, 0.15) is 78.6 Å². The van der Waals surface area contributed by atoms with E-state index in [0.717, 1.165) is 32.1 Å². The maximum absolute atomic E-state index is 14.0. The van der Waals surface area contributed by atoms with Crippen molar-refractivity contribution in [3.05, 3.63) is 0 Å². The van der Waals surface area contributed by atoms with Gasteiger partial charge in [0.1, 0.15) is 17.7 Å². The molecule has 6 rings (SSSR count).